The maximum Gasteiger partial charge on any atom is 0.256 e. The third-order valence-corrected chi connectivity index (χ3v) is 2.81. The molecule has 6 heteroatoms. The second-order valence-electron chi connectivity index (χ2n) is 3.68. The molecule has 0 aliphatic heterocycles. The van der Waals surface area contributed by atoms with E-state index in [1.807, 2.05) is 13.0 Å². The van der Waals surface area contributed by atoms with Crippen molar-refractivity contribution in [3.8, 4) is 0 Å². The minimum Gasteiger partial charge on any atom is -0.306 e. The van der Waals surface area contributed by atoms with Crippen molar-refractivity contribution in [2.75, 3.05) is 5.32 Å². The Morgan fingerprint density at radius 3 is 2.83 bits per heavy atom. The summed E-state index contributed by atoms with van der Waals surface area (Å²) in [5.74, 6) is 0.131. The van der Waals surface area contributed by atoms with Crippen LogP contribution in [0.5, 0.6) is 0 Å². The van der Waals surface area contributed by atoms with Crippen LogP contribution in [0.4, 0.5) is 5.82 Å². The molecule has 1 heterocycles. The zero-order valence-electron chi connectivity index (χ0n) is 9.45. The molecule has 0 atom stereocenters. The van der Waals surface area contributed by atoms with E-state index in [0.717, 1.165) is 10.0 Å². The van der Waals surface area contributed by atoms with Crippen molar-refractivity contribution in [1.29, 1.82) is 0 Å². The molecular weight excluding hydrogens is 318 g/mol. The summed E-state index contributed by atoms with van der Waals surface area (Å²) in [5, 5.41) is 2.75. The Labute approximate surface area is 118 Å². The molecule has 2 aromatic rings. The Hall–Kier alpha value is -1.46. The molecule has 0 spiro atoms. The van der Waals surface area contributed by atoms with E-state index in [1.165, 1.54) is 6.20 Å². The molecule has 0 unspecified atom stereocenters. The SMILES string of the molecule is Cc1cc(Br)cc(C(=O)Nc2ccnc(Cl)n2)c1. The van der Waals surface area contributed by atoms with Gasteiger partial charge in [-0.25, -0.2) is 9.97 Å². The van der Waals surface area contributed by atoms with Crippen molar-refractivity contribution in [2.45, 2.75) is 6.92 Å². The maximum atomic E-state index is 12.0. The minimum atomic E-state index is -0.242. The number of aryl methyl sites for hydroxylation is 1. The van der Waals surface area contributed by atoms with Gasteiger partial charge in [-0.15, -0.1) is 0 Å². The molecule has 0 aliphatic rings. The van der Waals surface area contributed by atoms with Crippen LogP contribution < -0.4 is 5.32 Å². The van der Waals surface area contributed by atoms with Crippen LogP contribution in [-0.2, 0) is 0 Å². The van der Waals surface area contributed by atoms with E-state index in [9.17, 15) is 4.79 Å². The molecule has 0 radical (unpaired) electrons. The maximum absolute atomic E-state index is 12.0. The average molecular weight is 327 g/mol. The Morgan fingerprint density at radius 1 is 1.39 bits per heavy atom. The van der Waals surface area contributed by atoms with Gasteiger partial charge in [0, 0.05) is 16.2 Å². The highest BCUT2D eigenvalue weighted by Gasteiger charge is 2.08. The summed E-state index contributed by atoms with van der Waals surface area (Å²) in [6.45, 7) is 1.92. The minimum absolute atomic E-state index is 0.0956. The van der Waals surface area contributed by atoms with Crippen LogP contribution in [-0.4, -0.2) is 15.9 Å². The predicted molar refractivity (Wildman–Crippen MR) is 73.9 cm³/mol. The van der Waals surface area contributed by atoms with Gasteiger partial charge in [0.2, 0.25) is 5.28 Å². The number of carbonyl (C=O) groups excluding carboxylic acids is 1. The predicted octanol–water partition coefficient (Wildman–Crippen LogP) is 3.45. The van der Waals surface area contributed by atoms with E-state index in [0.29, 0.717) is 11.4 Å². The normalized spacial score (nSPS) is 10.2. The summed E-state index contributed by atoms with van der Waals surface area (Å²) in [5.41, 5.74) is 1.55. The second-order valence-corrected chi connectivity index (χ2v) is 4.94. The van der Waals surface area contributed by atoms with E-state index in [2.05, 4.69) is 31.2 Å². The van der Waals surface area contributed by atoms with Gasteiger partial charge in [0.25, 0.3) is 5.91 Å². The highest BCUT2D eigenvalue weighted by atomic mass is 79.9. The summed E-state index contributed by atoms with van der Waals surface area (Å²) < 4.78 is 0.855. The third-order valence-electron chi connectivity index (χ3n) is 2.17. The lowest BCUT2D eigenvalue weighted by atomic mass is 10.1. The molecule has 2 rings (SSSR count). The van der Waals surface area contributed by atoms with Crippen LogP contribution in [0, 0.1) is 6.92 Å². The van der Waals surface area contributed by atoms with Gasteiger partial charge in [0.05, 0.1) is 0 Å². The van der Waals surface area contributed by atoms with Gasteiger partial charge in [-0.05, 0) is 48.4 Å². The number of hydrogen-bond donors (Lipinski definition) is 1. The van der Waals surface area contributed by atoms with Crippen molar-refractivity contribution in [3.63, 3.8) is 0 Å². The first-order valence-corrected chi connectivity index (χ1v) is 6.29. The van der Waals surface area contributed by atoms with E-state index in [4.69, 9.17) is 11.6 Å². The Morgan fingerprint density at radius 2 is 2.17 bits per heavy atom. The average Bonchev–Trinajstić information content (AvgIpc) is 2.27. The molecule has 0 fully saturated rings. The number of halogens is 2. The quantitative estimate of drug-likeness (QED) is 0.860. The number of nitrogens with one attached hydrogen (secondary N) is 1. The Bertz CT molecular complexity index is 583. The molecule has 4 nitrogen and oxygen atoms in total. The summed E-state index contributed by atoms with van der Waals surface area (Å²) in [7, 11) is 0. The van der Waals surface area contributed by atoms with E-state index < -0.39 is 0 Å². The highest BCUT2D eigenvalue weighted by molar-refractivity contribution is 9.10. The van der Waals surface area contributed by atoms with Crippen LogP contribution >= 0.6 is 27.5 Å². The van der Waals surface area contributed by atoms with Gasteiger partial charge in [-0.3, -0.25) is 4.79 Å². The van der Waals surface area contributed by atoms with Gasteiger partial charge in [0.1, 0.15) is 5.82 Å². The lowest BCUT2D eigenvalue weighted by Gasteiger charge is -2.05. The molecule has 0 saturated heterocycles. The molecule has 1 aromatic carbocycles. The zero-order chi connectivity index (χ0) is 13.1. The molecule has 92 valence electrons. The summed E-state index contributed by atoms with van der Waals surface area (Å²) in [6.07, 6.45) is 1.48. The lowest BCUT2D eigenvalue weighted by Crippen LogP contribution is -2.13. The first-order valence-electron chi connectivity index (χ1n) is 5.12. The van der Waals surface area contributed by atoms with Crippen molar-refractivity contribution < 1.29 is 4.79 Å². The molecule has 18 heavy (non-hydrogen) atoms. The van der Waals surface area contributed by atoms with E-state index in [-0.39, 0.29) is 11.2 Å². The topological polar surface area (TPSA) is 54.9 Å². The Balaban J connectivity index is 2.22. The molecule has 1 aromatic heterocycles. The molecule has 0 saturated carbocycles. The van der Waals surface area contributed by atoms with Crippen molar-refractivity contribution >= 4 is 39.3 Å². The second kappa shape index (κ2) is 5.46. The largest absolute Gasteiger partial charge is 0.306 e. The van der Waals surface area contributed by atoms with Gasteiger partial charge >= 0.3 is 0 Å². The highest BCUT2D eigenvalue weighted by Crippen LogP contribution is 2.16. The lowest BCUT2D eigenvalue weighted by molar-refractivity contribution is 0.102. The van der Waals surface area contributed by atoms with Crippen molar-refractivity contribution in [2.24, 2.45) is 0 Å². The summed E-state index contributed by atoms with van der Waals surface area (Å²) >= 11 is 9.00. The number of rotatable bonds is 2. The molecule has 1 N–H and O–H groups in total. The third kappa shape index (κ3) is 3.27. The van der Waals surface area contributed by atoms with Crippen LogP contribution in [0.2, 0.25) is 5.28 Å². The number of anilines is 1. The number of nitrogens with zero attached hydrogens (tertiary/aromatic N) is 2. The zero-order valence-corrected chi connectivity index (χ0v) is 11.8. The van der Waals surface area contributed by atoms with Crippen LogP contribution in [0.3, 0.4) is 0 Å². The monoisotopic (exact) mass is 325 g/mol. The fourth-order valence-electron chi connectivity index (χ4n) is 1.46. The van der Waals surface area contributed by atoms with Crippen LogP contribution in [0.1, 0.15) is 15.9 Å². The van der Waals surface area contributed by atoms with Crippen molar-refractivity contribution in [1.82, 2.24) is 9.97 Å². The van der Waals surface area contributed by atoms with E-state index >= 15 is 0 Å². The van der Waals surface area contributed by atoms with Crippen molar-refractivity contribution in [3.05, 3.63) is 51.3 Å². The van der Waals surface area contributed by atoms with Gasteiger partial charge in [-0.1, -0.05) is 15.9 Å². The Kier molecular flexibility index (Phi) is 3.93. The molecule has 0 aliphatic carbocycles. The van der Waals surface area contributed by atoms with Gasteiger partial charge in [-0.2, -0.15) is 0 Å². The standard InChI is InChI=1S/C12H9BrClN3O/c1-7-4-8(6-9(13)5-7)11(18)16-10-2-3-15-12(14)17-10/h2-6H,1H3,(H,15,16,17,18). The number of carbonyl (C=O) groups is 1. The van der Waals surface area contributed by atoms with Gasteiger partial charge < -0.3 is 5.32 Å². The molecule has 0 bridgehead atoms. The van der Waals surface area contributed by atoms with Crippen LogP contribution in [0.15, 0.2) is 34.9 Å². The molecule has 1 amide bonds. The van der Waals surface area contributed by atoms with Crippen LogP contribution in [0.25, 0.3) is 0 Å². The van der Waals surface area contributed by atoms with E-state index in [1.54, 1.807) is 18.2 Å². The fourth-order valence-corrected chi connectivity index (χ4v) is 2.22. The summed E-state index contributed by atoms with van der Waals surface area (Å²) in [4.78, 5) is 19.6. The molecular formula is C12H9BrClN3O. The van der Waals surface area contributed by atoms with Gasteiger partial charge in [0.15, 0.2) is 0 Å². The summed E-state index contributed by atoms with van der Waals surface area (Å²) in [6, 6.07) is 7.04. The number of aromatic nitrogens is 2. The number of benzene rings is 1. The number of amides is 1. The first-order chi connectivity index (χ1) is 8.54. The first kappa shape index (κ1) is 13.0. The number of hydrogen-bond acceptors (Lipinski definition) is 3. The smallest absolute Gasteiger partial charge is 0.256 e. The fraction of sp³-hybridized carbons (Fsp3) is 0.0833.